The molecule has 8 nitrogen and oxygen atoms in total. The second-order valence-corrected chi connectivity index (χ2v) is 6.74. The van der Waals surface area contributed by atoms with Gasteiger partial charge in [-0.05, 0) is 35.0 Å². The van der Waals surface area contributed by atoms with Crippen molar-refractivity contribution in [3.05, 3.63) is 65.7 Å². The molecule has 0 aromatic heterocycles. The fourth-order valence-electron chi connectivity index (χ4n) is 3.10. The van der Waals surface area contributed by atoms with Gasteiger partial charge in [-0.3, -0.25) is 9.59 Å². The van der Waals surface area contributed by atoms with E-state index < -0.39 is 11.8 Å². The number of methoxy groups -OCH3 is 2. The van der Waals surface area contributed by atoms with Gasteiger partial charge in [-0.25, -0.2) is 5.43 Å². The SMILES string of the molecule is C#CCOc1ccc2ccccc2c1/C=N\NC(=O)CNC(=O)c1ccc(OC)c(OC)c1. The van der Waals surface area contributed by atoms with Gasteiger partial charge >= 0.3 is 0 Å². The van der Waals surface area contributed by atoms with Crippen molar-refractivity contribution < 1.29 is 23.8 Å². The average molecular weight is 445 g/mol. The van der Waals surface area contributed by atoms with Crippen molar-refractivity contribution in [1.82, 2.24) is 10.7 Å². The van der Waals surface area contributed by atoms with Gasteiger partial charge in [-0.1, -0.05) is 36.3 Å². The van der Waals surface area contributed by atoms with Gasteiger partial charge in [0.1, 0.15) is 12.4 Å². The molecule has 0 spiro atoms. The van der Waals surface area contributed by atoms with Crippen molar-refractivity contribution in [2.75, 3.05) is 27.4 Å². The van der Waals surface area contributed by atoms with Crippen LogP contribution in [-0.2, 0) is 4.79 Å². The minimum absolute atomic E-state index is 0.105. The summed E-state index contributed by atoms with van der Waals surface area (Å²) in [5.74, 6) is 2.96. The number of ether oxygens (including phenoxy) is 3. The molecule has 0 bridgehead atoms. The van der Waals surface area contributed by atoms with E-state index in [2.05, 4.69) is 21.8 Å². The Labute approximate surface area is 191 Å². The Hall–Kier alpha value is -4.51. The summed E-state index contributed by atoms with van der Waals surface area (Å²) >= 11 is 0. The van der Waals surface area contributed by atoms with Gasteiger partial charge in [-0.15, -0.1) is 6.42 Å². The molecule has 3 aromatic rings. The second-order valence-electron chi connectivity index (χ2n) is 6.74. The number of terminal acetylenes is 1. The first kappa shape index (κ1) is 23.2. The number of hydrogen-bond donors (Lipinski definition) is 2. The molecule has 0 radical (unpaired) electrons. The molecule has 0 unspecified atom stereocenters. The topological polar surface area (TPSA) is 98.2 Å². The number of nitrogens with one attached hydrogen (secondary N) is 2. The molecule has 0 saturated carbocycles. The van der Waals surface area contributed by atoms with Gasteiger partial charge in [0.15, 0.2) is 11.5 Å². The van der Waals surface area contributed by atoms with Crippen LogP contribution in [0.4, 0.5) is 0 Å². The highest BCUT2D eigenvalue weighted by atomic mass is 16.5. The second kappa shape index (κ2) is 11.2. The molecule has 3 aromatic carbocycles. The summed E-state index contributed by atoms with van der Waals surface area (Å²) in [6.07, 6.45) is 6.78. The lowest BCUT2D eigenvalue weighted by Crippen LogP contribution is -2.34. The quantitative estimate of drug-likeness (QED) is 0.300. The lowest BCUT2D eigenvalue weighted by atomic mass is 10.0. The van der Waals surface area contributed by atoms with Crippen molar-refractivity contribution in [1.29, 1.82) is 0 Å². The molecule has 2 amide bonds. The summed E-state index contributed by atoms with van der Waals surface area (Å²) in [5, 5.41) is 8.44. The molecule has 2 N–H and O–H groups in total. The molecule has 168 valence electrons. The molecular formula is C25H23N3O5. The summed E-state index contributed by atoms with van der Waals surface area (Å²) < 4.78 is 15.9. The first-order valence-electron chi connectivity index (χ1n) is 9.97. The average Bonchev–Trinajstić information content (AvgIpc) is 2.86. The Bertz CT molecular complexity index is 1230. The third-order valence-electron chi connectivity index (χ3n) is 4.68. The van der Waals surface area contributed by atoms with Gasteiger partial charge in [-0.2, -0.15) is 5.10 Å². The predicted octanol–water partition coefficient (Wildman–Crippen LogP) is 2.75. The zero-order valence-corrected chi connectivity index (χ0v) is 18.3. The molecule has 0 aliphatic rings. The van der Waals surface area contributed by atoms with Crippen LogP contribution >= 0.6 is 0 Å². The molecule has 0 heterocycles. The van der Waals surface area contributed by atoms with Gasteiger partial charge in [0.25, 0.3) is 11.8 Å². The monoisotopic (exact) mass is 445 g/mol. The maximum absolute atomic E-state index is 12.3. The van der Waals surface area contributed by atoms with E-state index in [1.54, 1.807) is 18.2 Å². The number of fused-ring (bicyclic) bond motifs is 1. The standard InChI is InChI=1S/C25H23N3O5/c1-4-13-33-21-11-9-17-7-5-6-8-19(17)20(21)15-27-28-24(29)16-26-25(30)18-10-12-22(31-2)23(14-18)32-3/h1,5-12,14-15H,13,16H2,2-3H3,(H,26,30)(H,28,29)/b27-15-. The smallest absolute Gasteiger partial charge is 0.259 e. The van der Waals surface area contributed by atoms with E-state index in [9.17, 15) is 9.59 Å². The molecule has 0 saturated heterocycles. The summed E-state index contributed by atoms with van der Waals surface area (Å²) in [6.45, 7) is -0.159. The van der Waals surface area contributed by atoms with Gasteiger partial charge in [0, 0.05) is 11.1 Å². The summed E-state index contributed by atoms with van der Waals surface area (Å²) in [6, 6.07) is 16.1. The molecule has 0 atom stereocenters. The number of benzene rings is 3. The van der Waals surface area contributed by atoms with Crippen LogP contribution in [0.5, 0.6) is 17.2 Å². The maximum Gasteiger partial charge on any atom is 0.259 e. The number of nitrogens with zero attached hydrogens (tertiary/aromatic N) is 1. The van der Waals surface area contributed by atoms with Crippen LogP contribution in [0.15, 0.2) is 59.7 Å². The molecule has 33 heavy (non-hydrogen) atoms. The summed E-state index contributed by atoms with van der Waals surface area (Å²) in [5.41, 5.74) is 3.41. The van der Waals surface area contributed by atoms with E-state index in [0.717, 1.165) is 10.8 Å². The number of hydrogen-bond acceptors (Lipinski definition) is 6. The van der Waals surface area contributed by atoms with Crippen LogP contribution in [0.2, 0.25) is 0 Å². The molecule has 3 rings (SSSR count). The van der Waals surface area contributed by atoms with E-state index in [1.165, 1.54) is 26.5 Å². The summed E-state index contributed by atoms with van der Waals surface area (Å²) in [4.78, 5) is 24.5. The van der Waals surface area contributed by atoms with Crippen molar-refractivity contribution in [3.63, 3.8) is 0 Å². The number of carbonyl (C=O) groups is 2. The molecule has 0 fully saturated rings. The number of rotatable bonds is 9. The Morgan fingerprint density at radius 3 is 2.55 bits per heavy atom. The van der Waals surface area contributed by atoms with E-state index in [-0.39, 0.29) is 13.2 Å². The number of hydrazone groups is 1. The third kappa shape index (κ3) is 5.80. The van der Waals surface area contributed by atoms with E-state index in [4.69, 9.17) is 20.6 Å². The minimum atomic E-state index is -0.494. The minimum Gasteiger partial charge on any atom is -0.493 e. The van der Waals surface area contributed by atoms with Crippen molar-refractivity contribution >= 4 is 28.8 Å². The fourth-order valence-corrected chi connectivity index (χ4v) is 3.10. The van der Waals surface area contributed by atoms with Crippen molar-refractivity contribution in [3.8, 4) is 29.6 Å². The highest BCUT2D eigenvalue weighted by molar-refractivity contribution is 6.03. The van der Waals surface area contributed by atoms with Crippen LogP contribution in [-0.4, -0.2) is 45.4 Å². The third-order valence-corrected chi connectivity index (χ3v) is 4.68. The Kier molecular flexibility index (Phi) is 7.86. The van der Waals surface area contributed by atoms with Crippen LogP contribution < -0.4 is 25.0 Å². The number of carbonyl (C=O) groups excluding carboxylic acids is 2. The van der Waals surface area contributed by atoms with E-state index in [1.807, 2.05) is 30.3 Å². The highest BCUT2D eigenvalue weighted by Crippen LogP contribution is 2.28. The molecule has 8 heteroatoms. The van der Waals surface area contributed by atoms with E-state index in [0.29, 0.717) is 28.4 Å². The Balaban J connectivity index is 1.64. The van der Waals surface area contributed by atoms with Crippen LogP contribution in [0.1, 0.15) is 15.9 Å². The predicted molar refractivity (Wildman–Crippen MR) is 126 cm³/mol. The van der Waals surface area contributed by atoms with Crippen molar-refractivity contribution in [2.45, 2.75) is 0 Å². The van der Waals surface area contributed by atoms with E-state index >= 15 is 0 Å². The first-order chi connectivity index (χ1) is 16.1. The van der Waals surface area contributed by atoms with Crippen LogP contribution in [0.3, 0.4) is 0 Å². The Morgan fingerprint density at radius 2 is 1.79 bits per heavy atom. The Morgan fingerprint density at radius 1 is 1.03 bits per heavy atom. The first-order valence-corrected chi connectivity index (χ1v) is 9.97. The zero-order valence-electron chi connectivity index (χ0n) is 18.3. The summed E-state index contributed by atoms with van der Waals surface area (Å²) in [7, 11) is 2.98. The highest BCUT2D eigenvalue weighted by Gasteiger charge is 2.12. The number of amides is 2. The normalized spacial score (nSPS) is 10.5. The zero-order chi connectivity index (χ0) is 23.6. The molecule has 0 aliphatic heterocycles. The fraction of sp³-hybridized carbons (Fsp3) is 0.160. The van der Waals surface area contributed by atoms with Gasteiger partial charge in [0.05, 0.1) is 27.0 Å². The van der Waals surface area contributed by atoms with Crippen molar-refractivity contribution in [2.24, 2.45) is 5.10 Å². The van der Waals surface area contributed by atoms with Gasteiger partial charge in [0.2, 0.25) is 0 Å². The molecular weight excluding hydrogens is 422 g/mol. The lowest BCUT2D eigenvalue weighted by molar-refractivity contribution is -0.120. The van der Waals surface area contributed by atoms with Crippen LogP contribution in [0, 0.1) is 12.3 Å². The van der Waals surface area contributed by atoms with Gasteiger partial charge < -0.3 is 19.5 Å². The molecule has 0 aliphatic carbocycles. The maximum atomic E-state index is 12.3. The largest absolute Gasteiger partial charge is 0.493 e. The van der Waals surface area contributed by atoms with Crippen LogP contribution in [0.25, 0.3) is 10.8 Å². The lowest BCUT2D eigenvalue weighted by Gasteiger charge is -2.10.